The number of ether oxygens (including phenoxy) is 1. The molecule has 2 aromatic rings. The molecular weight excluding hydrogens is 446 g/mol. The van der Waals surface area contributed by atoms with E-state index in [-0.39, 0.29) is 23.3 Å². The number of hydrogen-bond donors (Lipinski definition) is 1. The lowest BCUT2D eigenvalue weighted by molar-refractivity contribution is -0.137. The highest BCUT2D eigenvalue weighted by molar-refractivity contribution is 5.97. The number of aliphatic hydroxyl groups is 1. The molecule has 1 aliphatic carbocycles. The van der Waals surface area contributed by atoms with Gasteiger partial charge in [0.2, 0.25) is 0 Å². The van der Waals surface area contributed by atoms with E-state index >= 15 is 0 Å². The number of rotatable bonds is 6. The molecule has 0 bridgehead atoms. The lowest BCUT2D eigenvalue weighted by Crippen LogP contribution is -2.31. The first kappa shape index (κ1) is 26.1. The minimum atomic E-state index is -4.62. The average Bonchev–Trinajstić information content (AvgIpc) is 2.97. The van der Waals surface area contributed by atoms with Gasteiger partial charge in [-0.1, -0.05) is 27.2 Å². The van der Waals surface area contributed by atoms with Crippen molar-refractivity contribution in [2.75, 3.05) is 6.61 Å². The van der Waals surface area contributed by atoms with Crippen molar-refractivity contribution in [2.45, 2.75) is 77.6 Å². The molecule has 0 aliphatic heterocycles. The molecule has 1 amide bonds. The highest BCUT2D eigenvalue weighted by Crippen LogP contribution is 2.33. The minimum absolute atomic E-state index is 0.0543. The molecule has 0 spiro atoms. The number of alkyl halides is 3. The summed E-state index contributed by atoms with van der Waals surface area (Å²) in [5.41, 5.74) is -1.35. The Morgan fingerprint density at radius 1 is 1.15 bits per heavy atom. The van der Waals surface area contributed by atoms with Crippen molar-refractivity contribution in [3.8, 4) is 5.75 Å². The molecule has 1 heterocycles. The van der Waals surface area contributed by atoms with Gasteiger partial charge in [0, 0.05) is 30.8 Å². The molecule has 34 heavy (non-hydrogen) atoms. The lowest BCUT2D eigenvalue weighted by Gasteiger charge is -2.27. The van der Waals surface area contributed by atoms with E-state index in [1.54, 1.807) is 0 Å². The summed E-state index contributed by atoms with van der Waals surface area (Å²) in [6, 6.07) is 4.54. The van der Waals surface area contributed by atoms with Crippen LogP contribution in [0.2, 0.25) is 0 Å². The summed E-state index contributed by atoms with van der Waals surface area (Å²) in [6.45, 7) is 9.66. The molecule has 1 aromatic carbocycles. The number of halogens is 3. The molecule has 9 heteroatoms. The van der Waals surface area contributed by atoms with Crippen molar-refractivity contribution in [3.63, 3.8) is 0 Å². The fourth-order valence-electron chi connectivity index (χ4n) is 3.92. The van der Waals surface area contributed by atoms with Crippen LogP contribution in [0.1, 0.15) is 75.5 Å². The van der Waals surface area contributed by atoms with Crippen LogP contribution in [-0.2, 0) is 25.2 Å². The van der Waals surface area contributed by atoms with Crippen LogP contribution in [0.25, 0.3) is 0 Å². The van der Waals surface area contributed by atoms with Gasteiger partial charge in [-0.2, -0.15) is 18.2 Å². The highest BCUT2D eigenvalue weighted by Gasteiger charge is 2.32. The Morgan fingerprint density at radius 3 is 2.29 bits per heavy atom. The number of hydrogen-bond acceptors (Lipinski definition) is 3. The minimum Gasteiger partial charge on any atom is -0.490 e. The van der Waals surface area contributed by atoms with Gasteiger partial charge in [0.1, 0.15) is 12.4 Å². The predicted octanol–water partition coefficient (Wildman–Crippen LogP) is 4.83. The van der Waals surface area contributed by atoms with Gasteiger partial charge in [0.15, 0.2) is 5.49 Å². The van der Waals surface area contributed by atoms with Gasteiger partial charge in [0.25, 0.3) is 5.91 Å². The van der Waals surface area contributed by atoms with E-state index in [9.17, 15) is 23.1 Å². The van der Waals surface area contributed by atoms with Crippen molar-refractivity contribution in [1.82, 2.24) is 9.36 Å². The number of benzene rings is 1. The van der Waals surface area contributed by atoms with Gasteiger partial charge < -0.3 is 9.84 Å². The molecule has 1 N–H and O–H groups in total. The second kappa shape index (κ2) is 9.24. The Balaban J connectivity index is 2.10. The third-order valence-corrected chi connectivity index (χ3v) is 6.00. The fourth-order valence-corrected chi connectivity index (χ4v) is 3.92. The Bertz CT molecular complexity index is 1110. The molecule has 3 rings (SSSR count). The van der Waals surface area contributed by atoms with Gasteiger partial charge in [-0.3, -0.25) is 14.2 Å². The van der Waals surface area contributed by atoms with E-state index in [2.05, 4.69) is 25.8 Å². The molecule has 0 atom stereocenters. The summed E-state index contributed by atoms with van der Waals surface area (Å²) in [5, 5.41) is 9.97. The standard InChI is InChI=1S/C25H34F3N3O3/c1-23(2,3)20-13-21(31(30(20)6)14-16-8-7-9-16)29-22(32)18-12-17(25(26,27)28)10-11-19(18)34-15-24(4,5)33/h10-13,16,33H,7-9,14-15H2,1-6H3/b29-21+/i6-1. The number of carbonyl (C=O) groups is 1. The van der Waals surface area contributed by atoms with Gasteiger partial charge >= 0.3 is 6.18 Å². The van der Waals surface area contributed by atoms with Crippen LogP contribution in [0.3, 0.4) is 0 Å². The maximum atomic E-state index is 13.4. The molecular formula is C25H34F3N3O3. The molecule has 188 valence electrons. The molecule has 6 nitrogen and oxygen atoms in total. The van der Waals surface area contributed by atoms with E-state index in [1.165, 1.54) is 20.3 Å². The summed E-state index contributed by atoms with van der Waals surface area (Å²) in [7, 11) is 1.91. The van der Waals surface area contributed by atoms with Gasteiger partial charge in [0.05, 0.1) is 16.7 Å². The summed E-state index contributed by atoms with van der Waals surface area (Å²) in [4.78, 5) is 17.5. The second-order valence-corrected chi connectivity index (χ2v) is 10.8. The molecule has 0 radical (unpaired) electrons. The zero-order chi connectivity index (χ0) is 25.5. The van der Waals surface area contributed by atoms with Crippen LogP contribution >= 0.6 is 0 Å². The normalized spacial score (nSPS) is 16.0. The number of amides is 1. The quantitative estimate of drug-likeness (QED) is 0.644. The Morgan fingerprint density at radius 2 is 1.79 bits per heavy atom. The first-order valence-electron chi connectivity index (χ1n) is 11.5. The first-order chi connectivity index (χ1) is 15.6. The fraction of sp³-hybridized carbons (Fsp3) is 0.600. The first-order valence-corrected chi connectivity index (χ1v) is 11.5. The largest absolute Gasteiger partial charge is 0.490 e. The molecule has 0 unspecified atom stereocenters. The monoisotopic (exact) mass is 480 g/mol. The Hall–Kier alpha value is -2.55. The smallest absolute Gasteiger partial charge is 0.416 e. The zero-order valence-corrected chi connectivity index (χ0v) is 20.7. The molecule has 1 aromatic heterocycles. The van der Waals surface area contributed by atoms with Crippen LogP contribution in [0, 0.1) is 5.92 Å². The summed E-state index contributed by atoms with van der Waals surface area (Å²) in [5.74, 6) is -0.402. The van der Waals surface area contributed by atoms with E-state index in [1.807, 2.05) is 22.5 Å². The van der Waals surface area contributed by atoms with Crippen molar-refractivity contribution in [2.24, 2.45) is 18.0 Å². The van der Waals surface area contributed by atoms with E-state index < -0.39 is 23.2 Å². The highest BCUT2D eigenvalue weighted by atomic mass is 19.4. The average molecular weight is 481 g/mol. The SMILES string of the molecule is CC(C)(O)COc1ccc(C(F)(F)F)cc1C(=O)/N=c1\cc(C(C)(C)C)n([11CH3])n1CC1CCC1. The third-order valence-electron chi connectivity index (χ3n) is 6.00. The van der Waals surface area contributed by atoms with Gasteiger partial charge in [-0.15, -0.1) is 0 Å². The van der Waals surface area contributed by atoms with Gasteiger partial charge in [-0.05, 0) is 50.8 Å². The number of aromatic nitrogens is 2. The van der Waals surface area contributed by atoms with E-state index in [4.69, 9.17) is 4.74 Å². The van der Waals surface area contributed by atoms with Crippen molar-refractivity contribution >= 4 is 5.91 Å². The Kier molecular flexibility index (Phi) is 7.09. The number of nitrogens with zero attached hydrogens (tertiary/aromatic N) is 3. The number of carbonyl (C=O) groups excluding carboxylic acids is 1. The van der Waals surface area contributed by atoms with Crippen LogP contribution < -0.4 is 10.2 Å². The Labute approximate surface area is 198 Å². The third kappa shape index (κ3) is 6.11. The maximum absolute atomic E-state index is 13.4. The lowest BCUT2D eigenvalue weighted by atomic mass is 9.85. The van der Waals surface area contributed by atoms with Crippen LogP contribution in [0.15, 0.2) is 29.3 Å². The van der Waals surface area contributed by atoms with E-state index in [0.29, 0.717) is 18.0 Å². The molecule has 1 aliphatic rings. The zero-order valence-electron chi connectivity index (χ0n) is 20.7. The van der Waals surface area contributed by atoms with Crippen LogP contribution in [0.5, 0.6) is 5.75 Å². The summed E-state index contributed by atoms with van der Waals surface area (Å²) < 4.78 is 49.5. The second-order valence-electron chi connectivity index (χ2n) is 10.8. The van der Waals surface area contributed by atoms with Crippen molar-refractivity contribution < 1.29 is 27.8 Å². The topological polar surface area (TPSA) is 68.8 Å². The van der Waals surface area contributed by atoms with Crippen LogP contribution in [-0.4, -0.2) is 32.6 Å². The summed E-state index contributed by atoms with van der Waals surface area (Å²) >= 11 is 0. The summed E-state index contributed by atoms with van der Waals surface area (Å²) in [6.07, 6.45) is -1.27. The molecule has 0 saturated heterocycles. The van der Waals surface area contributed by atoms with E-state index in [0.717, 1.165) is 36.7 Å². The van der Waals surface area contributed by atoms with Crippen molar-refractivity contribution in [1.29, 1.82) is 0 Å². The molecule has 1 fully saturated rings. The predicted molar refractivity (Wildman–Crippen MR) is 123 cm³/mol. The maximum Gasteiger partial charge on any atom is 0.416 e. The van der Waals surface area contributed by atoms with Crippen LogP contribution in [0.4, 0.5) is 13.2 Å². The molecule has 1 saturated carbocycles. The van der Waals surface area contributed by atoms with Gasteiger partial charge in [-0.25, -0.2) is 0 Å². The van der Waals surface area contributed by atoms with Crippen molar-refractivity contribution in [3.05, 3.63) is 46.6 Å².